The van der Waals surface area contributed by atoms with Crippen LogP contribution >= 0.6 is 0 Å². The highest BCUT2D eigenvalue weighted by molar-refractivity contribution is 5.92. The Kier molecular flexibility index (Phi) is 4.53. The molecule has 118 valence electrons. The van der Waals surface area contributed by atoms with Gasteiger partial charge in [0.1, 0.15) is 5.82 Å². The summed E-state index contributed by atoms with van der Waals surface area (Å²) >= 11 is 0. The van der Waals surface area contributed by atoms with Gasteiger partial charge in [0.15, 0.2) is 0 Å². The molecule has 3 N–H and O–H groups in total. The monoisotopic (exact) mass is 303 g/mol. The molecular weight excluding hydrogens is 282 g/mol. The first-order valence-corrected chi connectivity index (χ1v) is 7.71. The van der Waals surface area contributed by atoms with Crippen molar-refractivity contribution in [2.24, 2.45) is 5.92 Å². The van der Waals surface area contributed by atoms with E-state index in [4.69, 9.17) is 0 Å². The molecule has 7 nitrogen and oxygen atoms in total. The standard InChI is InChI=1S/C15H21N5O2/c21-14-10-20(8-7-17-14)13-2-1-12(9-18-13)19-15(22)11-3-5-16-6-4-11/h1-2,9,11,16H,3-8,10H2,(H,17,21)(H,19,22). The van der Waals surface area contributed by atoms with Crippen LogP contribution in [-0.4, -0.2) is 49.5 Å². The molecule has 0 atom stereocenters. The molecule has 0 aromatic carbocycles. The quantitative estimate of drug-likeness (QED) is 0.729. The second kappa shape index (κ2) is 6.74. The molecule has 0 bridgehead atoms. The molecule has 0 saturated carbocycles. The lowest BCUT2D eigenvalue weighted by atomic mass is 9.97. The highest BCUT2D eigenvalue weighted by Gasteiger charge is 2.21. The Morgan fingerprint density at radius 1 is 1.27 bits per heavy atom. The molecule has 0 radical (unpaired) electrons. The smallest absolute Gasteiger partial charge is 0.239 e. The van der Waals surface area contributed by atoms with E-state index < -0.39 is 0 Å². The van der Waals surface area contributed by atoms with Gasteiger partial charge in [0.2, 0.25) is 11.8 Å². The zero-order valence-corrected chi connectivity index (χ0v) is 12.5. The van der Waals surface area contributed by atoms with Gasteiger partial charge in [-0.05, 0) is 38.1 Å². The van der Waals surface area contributed by atoms with Crippen molar-refractivity contribution in [1.82, 2.24) is 15.6 Å². The summed E-state index contributed by atoms with van der Waals surface area (Å²) in [6.07, 6.45) is 3.40. The van der Waals surface area contributed by atoms with E-state index in [2.05, 4.69) is 20.9 Å². The lowest BCUT2D eigenvalue weighted by Gasteiger charge is -2.27. The molecule has 2 saturated heterocycles. The summed E-state index contributed by atoms with van der Waals surface area (Å²) in [5.41, 5.74) is 0.703. The number of carbonyl (C=O) groups excluding carboxylic acids is 2. The van der Waals surface area contributed by atoms with Crippen molar-refractivity contribution in [2.75, 3.05) is 42.9 Å². The van der Waals surface area contributed by atoms with Gasteiger partial charge in [-0.25, -0.2) is 4.98 Å². The van der Waals surface area contributed by atoms with E-state index in [1.165, 1.54) is 0 Å². The first kappa shape index (κ1) is 14.8. The predicted molar refractivity (Wildman–Crippen MR) is 83.7 cm³/mol. The van der Waals surface area contributed by atoms with Gasteiger partial charge in [0.25, 0.3) is 0 Å². The Morgan fingerprint density at radius 3 is 2.77 bits per heavy atom. The van der Waals surface area contributed by atoms with Gasteiger partial charge in [-0.15, -0.1) is 0 Å². The van der Waals surface area contributed by atoms with Crippen LogP contribution in [0.15, 0.2) is 18.3 Å². The number of hydrogen-bond acceptors (Lipinski definition) is 5. The summed E-state index contributed by atoms with van der Waals surface area (Å²) in [4.78, 5) is 29.8. The highest BCUT2D eigenvalue weighted by Crippen LogP contribution is 2.18. The minimum absolute atomic E-state index is 0.0105. The topological polar surface area (TPSA) is 86.4 Å². The Morgan fingerprint density at radius 2 is 2.09 bits per heavy atom. The number of piperidine rings is 1. The Labute approximate surface area is 129 Å². The van der Waals surface area contributed by atoms with Crippen molar-refractivity contribution in [1.29, 1.82) is 0 Å². The molecule has 0 aliphatic carbocycles. The minimum atomic E-state index is 0.0105. The van der Waals surface area contributed by atoms with Gasteiger partial charge in [0.05, 0.1) is 18.4 Å². The first-order chi connectivity index (χ1) is 10.7. The highest BCUT2D eigenvalue weighted by atomic mass is 16.2. The molecule has 3 heterocycles. The summed E-state index contributed by atoms with van der Waals surface area (Å²) in [7, 11) is 0. The number of amides is 2. The molecule has 2 aliphatic rings. The fraction of sp³-hybridized carbons (Fsp3) is 0.533. The Bertz CT molecular complexity index is 539. The molecule has 0 unspecified atom stereocenters. The zero-order chi connectivity index (χ0) is 15.4. The van der Waals surface area contributed by atoms with E-state index >= 15 is 0 Å². The van der Waals surface area contributed by atoms with Gasteiger partial charge in [-0.2, -0.15) is 0 Å². The van der Waals surface area contributed by atoms with Crippen LogP contribution in [-0.2, 0) is 9.59 Å². The number of anilines is 2. The molecule has 7 heteroatoms. The third kappa shape index (κ3) is 3.54. The third-order valence-corrected chi connectivity index (χ3v) is 4.09. The van der Waals surface area contributed by atoms with E-state index in [-0.39, 0.29) is 17.7 Å². The van der Waals surface area contributed by atoms with E-state index in [1.54, 1.807) is 6.20 Å². The minimum Gasteiger partial charge on any atom is -0.353 e. The van der Waals surface area contributed by atoms with Crippen molar-refractivity contribution in [3.8, 4) is 0 Å². The van der Waals surface area contributed by atoms with Crippen LogP contribution in [0.25, 0.3) is 0 Å². The third-order valence-electron chi connectivity index (χ3n) is 4.09. The van der Waals surface area contributed by atoms with Gasteiger partial charge in [-0.3, -0.25) is 9.59 Å². The van der Waals surface area contributed by atoms with Crippen LogP contribution < -0.4 is 20.9 Å². The lowest BCUT2D eigenvalue weighted by Crippen LogP contribution is -2.48. The zero-order valence-electron chi connectivity index (χ0n) is 12.5. The maximum Gasteiger partial charge on any atom is 0.239 e. The number of hydrogen-bond donors (Lipinski definition) is 3. The van der Waals surface area contributed by atoms with Crippen molar-refractivity contribution in [3.05, 3.63) is 18.3 Å². The molecule has 2 aliphatic heterocycles. The first-order valence-electron chi connectivity index (χ1n) is 7.71. The van der Waals surface area contributed by atoms with Crippen LogP contribution in [0.2, 0.25) is 0 Å². The maximum atomic E-state index is 12.2. The predicted octanol–water partition coefficient (Wildman–Crippen LogP) is -0.0441. The van der Waals surface area contributed by atoms with Crippen LogP contribution in [0.1, 0.15) is 12.8 Å². The molecule has 0 spiro atoms. The van der Waals surface area contributed by atoms with Gasteiger partial charge < -0.3 is 20.9 Å². The number of aromatic nitrogens is 1. The fourth-order valence-electron chi connectivity index (χ4n) is 2.81. The molecule has 2 amide bonds. The van der Waals surface area contributed by atoms with E-state index in [0.29, 0.717) is 18.8 Å². The van der Waals surface area contributed by atoms with Gasteiger partial charge in [-0.1, -0.05) is 0 Å². The van der Waals surface area contributed by atoms with Crippen molar-refractivity contribution in [3.63, 3.8) is 0 Å². The number of nitrogens with one attached hydrogen (secondary N) is 3. The summed E-state index contributed by atoms with van der Waals surface area (Å²) in [5, 5.41) is 8.96. The molecule has 1 aromatic rings. The fourth-order valence-corrected chi connectivity index (χ4v) is 2.81. The van der Waals surface area contributed by atoms with Crippen LogP contribution in [0.5, 0.6) is 0 Å². The number of rotatable bonds is 3. The number of pyridine rings is 1. The lowest BCUT2D eigenvalue weighted by molar-refractivity contribution is -0.121. The van der Waals surface area contributed by atoms with Crippen LogP contribution in [0.4, 0.5) is 11.5 Å². The summed E-state index contributed by atoms with van der Waals surface area (Å²) in [6.45, 7) is 3.50. The average molecular weight is 303 g/mol. The maximum absolute atomic E-state index is 12.2. The van der Waals surface area contributed by atoms with Gasteiger partial charge >= 0.3 is 0 Å². The van der Waals surface area contributed by atoms with Crippen molar-refractivity contribution >= 4 is 23.3 Å². The van der Waals surface area contributed by atoms with E-state index in [1.807, 2.05) is 17.0 Å². The van der Waals surface area contributed by atoms with Crippen molar-refractivity contribution < 1.29 is 9.59 Å². The normalized spacial score (nSPS) is 19.6. The molecule has 2 fully saturated rings. The molecular formula is C15H21N5O2. The van der Waals surface area contributed by atoms with Crippen molar-refractivity contribution in [2.45, 2.75) is 12.8 Å². The summed E-state index contributed by atoms with van der Waals surface area (Å²) in [5.74, 6) is 0.908. The second-order valence-corrected chi connectivity index (χ2v) is 5.69. The van der Waals surface area contributed by atoms with E-state index in [9.17, 15) is 9.59 Å². The molecule has 1 aromatic heterocycles. The molecule has 22 heavy (non-hydrogen) atoms. The SMILES string of the molecule is O=C1CN(c2ccc(NC(=O)C3CCNCC3)cn2)CCN1. The largest absolute Gasteiger partial charge is 0.353 e. The van der Waals surface area contributed by atoms with Gasteiger partial charge in [0, 0.05) is 19.0 Å². The second-order valence-electron chi connectivity index (χ2n) is 5.69. The number of nitrogens with zero attached hydrogens (tertiary/aromatic N) is 2. The summed E-state index contributed by atoms with van der Waals surface area (Å²) in [6, 6.07) is 3.68. The van der Waals surface area contributed by atoms with Crippen LogP contribution in [0, 0.1) is 5.92 Å². The van der Waals surface area contributed by atoms with E-state index in [0.717, 1.165) is 38.3 Å². The van der Waals surface area contributed by atoms with Crippen LogP contribution in [0.3, 0.4) is 0 Å². The Balaban J connectivity index is 1.59. The molecule has 3 rings (SSSR count). The number of piperazine rings is 1. The Hall–Kier alpha value is -2.15. The average Bonchev–Trinajstić information content (AvgIpc) is 2.56. The summed E-state index contributed by atoms with van der Waals surface area (Å²) < 4.78 is 0. The number of carbonyl (C=O) groups is 2.